The summed E-state index contributed by atoms with van der Waals surface area (Å²) in [4.78, 5) is 17.3. The Kier molecular flexibility index (Phi) is 5.79. The van der Waals surface area contributed by atoms with Crippen LogP contribution in [0.1, 0.15) is 33.0 Å². The molecule has 6 heteroatoms. The summed E-state index contributed by atoms with van der Waals surface area (Å²) >= 11 is 6.30. The minimum atomic E-state index is -0.185. The van der Waals surface area contributed by atoms with Crippen molar-refractivity contribution in [2.75, 3.05) is 19.0 Å². The van der Waals surface area contributed by atoms with Crippen LogP contribution in [0.25, 0.3) is 11.0 Å². The summed E-state index contributed by atoms with van der Waals surface area (Å²) in [5, 5.41) is 1.51. The molecule has 0 spiro atoms. The Morgan fingerprint density at radius 2 is 1.77 bits per heavy atom. The largest absolute Gasteiger partial charge is 0.467 e. The highest BCUT2D eigenvalue weighted by Gasteiger charge is 2.25. The number of halogens is 1. The molecule has 2 aromatic heterocycles. The molecular formula is C25H25ClN2O3. The minimum absolute atomic E-state index is 0.185. The second-order valence-corrected chi connectivity index (χ2v) is 8.36. The average Bonchev–Trinajstić information content (AvgIpc) is 3.36. The van der Waals surface area contributed by atoms with E-state index in [0.717, 1.165) is 27.8 Å². The molecule has 31 heavy (non-hydrogen) atoms. The van der Waals surface area contributed by atoms with Crippen molar-refractivity contribution in [2.45, 2.75) is 26.9 Å². The van der Waals surface area contributed by atoms with Gasteiger partial charge in [-0.25, -0.2) is 0 Å². The normalized spacial score (nSPS) is 11.1. The van der Waals surface area contributed by atoms with Gasteiger partial charge < -0.3 is 18.6 Å². The van der Waals surface area contributed by atoms with Crippen LogP contribution in [0.15, 0.2) is 63.6 Å². The standard InChI is InChI=1S/C25H25ClN2O3/c1-16-12-23-21(13-22(16)26)17(2)24(31-23)25(29)28(15-20-6-5-11-30-20)14-18-7-9-19(10-8-18)27(3)4/h5-13H,14-15H2,1-4H3. The van der Waals surface area contributed by atoms with E-state index in [-0.39, 0.29) is 5.91 Å². The zero-order chi connectivity index (χ0) is 22.1. The van der Waals surface area contributed by atoms with Crippen molar-refractivity contribution in [3.05, 3.63) is 88.0 Å². The Labute approximate surface area is 186 Å². The second-order valence-electron chi connectivity index (χ2n) is 7.96. The van der Waals surface area contributed by atoms with Gasteiger partial charge in [0.25, 0.3) is 5.91 Å². The molecule has 4 aromatic rings. The number of benzene rings is 2. The Morgan fingerprint density at radius 3 is 2.42 bits per heavy atom. The van der Waals surface area contributed by atoms with Gasteiger partial charge in [-0.05, 0) is 61.4 Å². The molecule has 0 bridgehead atoms. The van der Waals surface area contributed by atoms with Gasteiger partial charge in [0.2, 0.25) is 0 Å². The van der Waals surface area contributed by atoms with Gasteiger partial charge in [-0.3, -0.25) is 4.79 Å². The molecule has 4 rings (SSSR count). The van der Waals surface area contributed by atoms with Crippen LogP contribution in [0.3, 0.4) is 0 Å². The van der Waals surface area contributed by atoms with Gasteiger partial charge in [-0.2, -0.15) is 0 Å². The summed E-state index contributed by atoms with van der Waals surface area (Å²) in [6.45, 7) is 4.59. The Bertz CT molecular complexity index is 1210. The predicted molar refractivity (Wildman–Crippen MR) is 124 cm³/mol. The third kappa shape index (κ3) is 4.32. The van der Waals surface area contributed by atoms with E-state index in [0.29, 0.717) is 35.2 Å². The molecule has 2 aromatic carbocycles. The molecule has 0 N–H and O–H groups in total. The fourth-order valence-electron chi connectivity index (χ4n) is 3.60. The first kappa shape index (κ1) is 21.1. The Hall–Kier alpha value is -3.18. The van der Waals surface area contributed by atoms with E-state index in [9.17, 15) is 4.79 Å². The molecule has 5 nitrogen and oxygen atoms in total. The summed E-state index contributed by atoms with van der Waals surface area (Å²) in [5.41, 5.74) is 4.49. The third-order valence-electron chi connectivity index (χ3n) is 5.45. The van der Waals surface area contributed by atoms with Crippen LogP contribution in [-0.4, -0.2) is 24.9 Å². The SMILES string of the molecule is Cc1cc2oc(C(=O)N(Cc3ccc(N(C)C)cc3)Cc3ccco3)c(C)c2cc1Cl. The highest BCUT2D eigenvalue weighted by molar-refractivity contribution is 6.32. The minimum Gasteiger partial charge on any atom is -0.467 e. The zero-order valence-corrected chi connectivity index (χ0v) is 18.9. The van der Waals surface area contributed by atoms with Gasteiger partial charge in [0, 0.05) is 42.3 Å². The first-order valence-electron chi connectivity index (χ1n) is 10.1. The van der Waals surface area contributed by atoms with Crippen molar-refractivity contribution >= 4 is 34.2 Å². The second kappa shape index (κ2) is 8.52. The summed E-state index contributed by atoms with van der Waals surface area (Å²) in [7, 11) is 4.00. The Balaban J connectivity index is 1.68. The number of rotatable bonds is 6. The number of nitrogens with zero attached hydrogens (tertiary/aromatic N) is 2. The lowest BCUT2D eigenvalue weighted by Gasteiger charge is -2.22. The molecule has 0 aliphatic carbocycles. The van der Waals surface area contributed by atoms with Crippen molar-refractivity contribution in [3.63, 3.8) is 0 Å². The maximum Gasteiger partial charge on any atom is 0.290 e. The van der Waals surface area contributed by atoms with Crippen LogP contribution < -0.4 is 4.90 Å². The summed E-state index contributed by atoms with van der Waals surface area (Å²) in [6, 6.07) is 15.6. The number of hydrogen-bond acceptors (Lipinski definition) is 4. The third-order valence-corrected chi connectivity index (χ3v) is 5.86. The molecule has 0 unspecified atom stereocenters. The van der Waals surface area contributed by atoms with Crippen LogP contribution in [0.2, 0.25) is 5.02 Å². The van der Waals surface area contributed by atoms with Gasteiger partial charge in [0.05, 0.1) is 12.8 Å². The van der Waals surface area contributed by atoms with Crippen LogP contribution in [-0.2, 0) is 13.1 Å². The molecule has 2 heterocycles. The maximum atomic E-state index is 13.6. The number of aryl methyl sites for hydroxylation is 2. The zero-order valence-electron chi connectivity index (χ0n) is 18.1. The first-order valence-corrected chi connectivity index (χ1v) is 10.5. The van der Waals surface area contributed by atoms with Crippen molar-refractivity contribution in [2.24, 2.45) is 0 Å². The quantitative estimate of drug-likeness (QED) is 0.361. The van der Waals surface area contributed by atoms with E-state index in [1.807, 2.05) is 81.4 Å². The molecule has 0 saturated carbocycles. The van der Waals surface area contributed by atoms with Gasteiger partial charge >= 0.3 is 0 Å². The van der Waals surface area contributed by atoms with E-state index in [1.54, 1.807) is 11.2 Å². The average molecular weight is 437 g/mol. The monoisotopic (exact) mass is 436 g/mol. The molecule has 0 atom stereocenters. The highest BCUT2D eigenvalue weighted by Crippen LogP contribution is 2.31. The number of anilines is 1. The molecule has 0 fully saturated rings. The van der Waals surface area contributed by atoms with Crippen molar-refractivity contribution in [1.29, 1.82) is 0 Å². The van der Waals surface area contributed by atoms with Crippen molar-refractivity contribution in [1.82, 2.24) is 4.90 Å². The van der Waals surface area contributed by atoms with Crippen LogP contribution >= 0.6 is 11.6 Å². The molecule has 160 valence electrons. The molecule has 0 radical (unpaired) electrons. The van der Waals surface area contributed by atoms with E-state index >= 15 is 0 Å². The van der Waals surface area contributed by atoms with Gasteiger partial charge in [0.15, 0.2) is 5.76 Å². The van der Waals surface area contributed by atoms with E-state index < -0.39 is 0 Å². The van der Waals surface area contributed by atoms with Crippen LogP contribution in [0, 0.1) is 13.8 Å². The number of carbonyl (C=O) groups excluding carboxylic acids is 1. The summed E-state index contributed by atoms with van der Waals surface area (Å²) in [6.07, 6.45) is 1.61. The smallest absolute Gasteiger partial charge is 0.290 e. The fourth-order valence-corrected chi connectivity index (χ4v) is 3.76. The predicted octanol–water partition coefficient (Wildman–Crippen LogP) is 6.20. The lowest BCUT2D eigenvalue weighted by Crippen LogP contribution is -2.30. The van der Waals surface area contributed by atoms with Crippen LogP contribution in [0.4, 0.5) is 5.69 Å². The summed E-state index contributed by atoms with van der Waals surface area (Å²) in [5.74, 6) is 0.856. The number of hydrogen-bond donors (Lipinski definition) is 0. The molecule has 0 aliphatic rings. The lowest BCUT2D eigenvalue weighted by molar-refractivity contribution is 0.0686. The van der Waals surface area contributed by atoms with Crippen molar-refractivity contribution < 1.29 is 13.6 Å². The van der Waals surface area contributed by atoms with E-state index in [1.165, 1.54) is 0 Å². The van der Waals surface area contributed by atoms with Crippen LogP contribution in [0.5, 0.6) is 0 Å². The summed E-state index contributed by atoms with van der Waals surface area (Å²) < 4.78 is 11.5. The molecule has 0 saturated heterocycles. The fraction of sp³-hybridized carbons (Fsp3) is 0.240. The van der Waals surface area contributed by atoms with Gasteiger partial charge in [-0.15, -0.1) is 0 Å². The lowest BCUT2D eigenvalue weighted by atomic mass is 10.1. The van der Waals surface area contributed by atoms with E-state index in [4.69, 9.17) is 20.4 Å². The number of amides is 1. The van der Waals surface area contributed by atoms with Gasteiger partial charge in [0.1, 0.15) is 11.3 Å². The highest BCUT2D eigenvalue weighted by atomic mass is 35.5. The topological polar surface area (TPSA) is 49.8 Å². The molecule has 0 aliphatic heterocycles. The molecule has 1 amide bonds. The number of carbonyl (C=O) groups is 1. The first-order chi connectivity index (χ1) is 14.8. The number of fused-ring (bicyclic) bond motifs is 1. The van der Waals surface area contributed by atoms with Crippen molar-refractivity contribution in [3.8, 4) is 0 Å². The number of furan rings is 2. The van der Waals surface area contributed by atoms with Gasteiger partial charge in [-0.1, -0.05) is 23.7 Å². The Morgan fingerprint density at radius 1 is 1.03 bits per heavy atom. The molecular weight excluding hydrogens is 412 g/mol. The maximum absolute atomic E-state index is 13.6. The van der Waals surface area contributed by atoms with E-state index in [2.05, 4.69) is 0 Å².